The van der Waals surface area contributed by atoms with Crippen molar-refractivity contribution in [1.82, 2.24) is 15.3 Å². The van der Waals surface area contributed by atoms with Gasteiger partial charge in [-0.2, -0.15) is 0 Å². The zero-order valence-corrected chi connectivity index (χ0v) is 23.6. The zero-order chi connectivity index (χ0) is 31.6. The lowest BCUT2D eigenvalue weighted by Crippen LogP contribution is -2.60. The first-order chi connectivity index (χ1) is 20.2. The lowest BCUT2D eigenvalue weighted by Gasteiger charge is -2.45. The van der Waals surface area contributed by atoms with Gasteiger partial charge in [-0.15, -0.1) is 0 Å². The van der Waals surface area contributed by atoms with Crippen molar-refractivity contribution in [2.24, 2.45) is 5.92 Å². The van der Waals surface area contributed by atoms with Gasteiger partial charge in [0.25, 0.3) is 5.91 Å². The van der Waals surface area contributed by atoms with E-state index in [1.54, 1.807) is 26.8 Å². The summed E-state index contributed by atoms with van der Waals surface area (Å²) in [4.78, 5) is 44.3. The monoisotopic (exact) mass is 601 g/mol. The second-order valence-electron chi connectivity index (χ2n) is 10.6. The fourth-order valence-electron chi connectivity index (χ4n) is 4.61. The Bertz CT molecular complexity index is 1540. The smallest absolute Gasteiger partial charge is 0.404 e. The second kappa shape index (κ2) is 12.4. The summed E-state index contributed by atoms with van der Waals surface area (Å²) in [6.45, 7) is 6.22. The van der Waals surface area contributed by atoms with Gasteiger partial charge in [0.2, 0.25) is 5.91 Å². The average molecular weight is 602 g/mol. The van der Waals surface area contributed by atoms with E-state index in [1.807, 2.05) is 0 Å². The molecule has 1 fully saturated rings. The first-order valence-corrected chi connectivity index (χ1v) is 13.3. The molecule has 4 rings (SSSR count). The van der Waals surface area contributed by atoms with Gasteiger partial charge in [0.1, 0.15) is 34.4 Å². The topological polar surface area (TPSA) is 163 Å². The molecule has 3 amide bonds. The number of carbonyl (C=O) groups excluding carboxylic acids is 2. The normalized spacial score (nSPS) is 21.7. The number of ether oxygens (including phenoxy) is 1. The molecule has 0 bridgehead atoms. The van der Waals surface area contributed by atoms with E-state index < -0.39 is 76.4 Å². The Balaban J connectivity index is 1.61. The van der Waals surface area contributed by atoms with Crippen molar-refractivity contribution in [3.8, 4) is 11.3 Å². The molecule has 0 unspecified atom stereocenters. The molecule has 228 valence electrons. The predicted molar refractivity (Wildman–Crippen MR) is 149 cm³/mol. The van der Waals surface area contributed by atoms with E-state index in [0.29, 0.717) is 5.56 Å². The number of aromatic nitrogens is 2. The molecule has 2 aromatic heterocycles. The van der Waals surface area contributed by atoms with Crippen LogP contribution in [-0.2, 0) is 9.53 Å². The summed E-state index contributed by atoms with van der Waals surface area (Å²) in [7, 11) is 0. The van der Waals surface area contributed by atoms with E-state index >= 15 is 0 Å². The van der Waals surface area contributed by atoms with Crippen LogP contribution in [0.25, 0.3) is 11.3 Å². The molecule has 1 saturated heterocycles. The van der Waals surface area contributed by atoms with Gasteiger partial charge in [-0.1, -0.05) is 13.8 Å². The van der Waals surface area contributed by atoms with E-state index in [4.69, 9.17) is 4.74 Å². The number of rotatable bonds is 7. The van der Waals surface area contributed by atoms with Gasteiger partial charge >= 0.3 is 6.09 Å². The molecule has 3 heterocycles. The van der Waals surface area contributed by atoms with E-state index in [-0.39, 0.29) is 23.5 Å². The number of nitrogens with one attached hydrogen (secondary N) is 3. The summed E-state index contributed by atoms with van der Waals surface area (Å²) >= 11 is 0. The lowest BCUT2D eigenvalue weighted by molar-refractivity contribution is -0.176. The molecular weight excluding hydrogens is 571 g/mol. The van der Waals surface area contributed by atoms with Gasteiger partial charge in [-0.05, 0) is 44.2 Å². The second-order valence-corrected chi connectivity index (χ2v) is 10.6. The number of hydrogen-bond acceptors (Lipinski definition) is 7. The number of carbonyl (C=O) groups is 3. The lowest BCUT2D eigenvalue weighted by atomic mass is 9.82. The van der Waals surface area contributed by atoms with E-state index in [0.717, 1.165) is 24.3 Å². The first kappa shape index (κ1) is 31.4. The third kappa shape index (κ3) is 6.75. The van der Waals surface area contributed by atoms with Crippen LogP contribution in [0.3, 0.4) is 0 Å². The Labute approximate surface area is 244 Å². The third-order valence-corrected chi connectivity index (χ3v) is 7.24. The highest BCUT2D eigenvalue weighted by Crippen LogP contribution is 2.39. The highest BCUT2D eigenvalue weighted by molar-refractivity contribution is 6.03. The van der Waals surface area contributed by atoms with E-state index in [2.05, 4.69) is 25.9 Å². The van der Waals surface area contributed by atoms with Crippen LogP contribution in [0.1, 0.15) is 56.3 Å². The Hall–Kier alpha value is -4.56. The van der Waals surface area contributed by atoms with Gasteiger partial charge in [0, 0.05) is 29.8 Å². The molecule has 3 aromatic rings. The van der Waals surface area contributed by atoms with Crippen LogP contribution in [-0.4, -0.2) is 55.8 Å². The molecule has 14 heteroatoms. The van der Waals surface area contributed by atoms with Crippen LogP contribution in [0, 0.1) is 23.4 Å². The minimum Gasteiger partial charge on any atom is -0.465 e. The standard InChI is InChI=1S/C29H30F3N5O6/c1-13(2)26(38)34-15-9-18(31)24(19(32)10-15)25-17(30)5-6-20(35-25)27(39)36-21-12-33-8-7-16(21)22-11-23(37-28(40)41)29(4,42)14(3)43-22/h5-10,12-14,22-23,37,42H,11H2,1-4H3,(H,34,38)(H,36,39)(H,40,41)/t14-,22-,23-,29-/m1/s1. The van der Waals surface area contributed by atoms with Crippen molar-refractivity contribution in [3.05, 3.63) is 71.4 Å². The van der Waals surface area contributed by atoms with Gasteiger partial charge in [-0.25, -0.2) is 22.9 Å². The molecular formula is C29H30F3N5O6. The minimum absolute atomic E-state index is 0.0155. The quantitative estimate of drug-likeness (QED) is 0.262. The van der Waals surface area contributed by atoms with Gasteiger partial charge in [-0.3, -0.25) is 14.6 Å². The molecule has 4 atom stereocenters. The molecule has 5 N–H and O–H groups in total. The minimum atomic E-state index is -1.53. The first-order valence-electron chi connectivity index (χ1n) is 13.3. The van der Waals surface area contributed by atoms with Crippen LogP contribution in [0.5, 0.6) is 0 Å². The fourth-order valence-corrected chi connectivity index (χ4v) is 4.61. The van der Waals surface area contributed by atoms with Gasteiger partial charge in [0.05, 0.1) is 35.7 Å². The Morgan fingerprint density at radius 1 is 1.07 bits per heavy atom. The summed E-state index contributed by atoms with van der Waals surface area (Å²) in [5.41, 5.74) is -3.11. The molecule has 11 nitrogen and oxygen atoms in total. The number of nitrogens with zero attached hydrogens (tertiary/aromatic N) is 2. The number of hydrogen-bond donors (Lipinski definition) is 5. The largest absolute Gasteiger partial charge is 0.465 e. The summed E-state index contributed by atoms with van der Waals surface area (Å²) in [5, 5.41) is 27.3. The molecule has 1 aromatic carbocycles. The van der Waals surface area contributed by atoms with Crippen LogP contribution >= 0.6 is 0 Å². The summed E-state index contributed by atoms with van der Waals surface area (Å²) < 4.78 is 50.7. The molecule has 1 aliphatic heterocycles. The number of carboxylic acid groups (broad SMARTS) is 1. The van der Waals surface area contributed by atoms with Crippen molar-refractivity contribution < 1.29 is 42.5 Å². The number of aliphatic hydroxyl groups is 1. The maximum Gasteiger partial charge on any atom is 0.404 e. The number of benzene rings is 1. The molecule has 1 aliphatic rings. The zero-order valence-electron chi connectivity index (χ0n) is 23.6. The van der Waals surface area contributed by atoms with Crippen molar-refractivity contribution in [1.29, 1.82) is 0 Å². The maximum atomic E-state index is 15.0. The average Bonchev–Trinajstić information content (AvgIpc) is 2.92. The van der Waals surface area contributed by atoms with E-state index in [9.17, 15) is 37.8 Å². The molecule has 0 saturated carbocycles. The number of anilines is 2. The molecule has 0 radical (unpaired) electrons. The summed E-state index contributed by atoms with van der Waals surface area (Å²) in [5.74, 6) is -5.30. The van der Waals surface area contributed by atoms with Crippen LogP contribution in [0.4, 0.5) is 29.3 Å². The molecule has 43 heavy (non-hydrogen) atoms. The van der Waals surface area contributed by atoms with Crippen molar-refractivity contribution in [3.63, 3.8) is 0 Å². The third-order valence-electron chi connectivity index (χ3n) is 7.24. The SMILES string of the molecule is CC(C)C(=O)Nc1cc(F)c(-c2nc(C(=O)Nc3cnccc3[C@H]3C[C@@H](NC(=O)O)[C@](C)(O)[C@@H](C)O3)ccc2F)c(F)c1. The Kier molecular flexibility index (Phi) is 9.01. The number of pyridine rings is 2. The van der Waals surface area contributed by atoms with E-state index in [1.165, 1.54) is 19.3 Å². The summed E-state index contributed by atoms with van der Waals surface area (Å²) in [6.07, 6.45) is -0.166. The van der Waals surface area contributed by atoms with Crippen LogP contribution < -0.4 is 16.0 Å². The highest BCUT2D eigenvalue weighted by atomic mass is 19.1. The van der Waals surface area contributed by atoms with Crippen molar-refractivity contribution in [2.45, 2.75) is 58.0 Å². The van der Waals surface area contributed by atoms with Crippen LogP contribution in [0.2, 0.25) is 0 Å². The predicted octanol–water partition coefficient (Wildman–Crippen LogP) is 4.64. The molecule has 0 aliphatic carbocycles. The summed E-state index contributed by atoms with van der Waals surface area (Å²) in [6, 6.07) is 4.14. The fraction of sp³-hybridized carbons (Fsp3) is 0.345. The number of halogens is 3. The van der Waals surface area contributed by atoms with Crippen LogP contribution in [0.15, 0.2) is 42.7 Å². The highest BCUT2D eigenvalue weighted by Gasteiger charge is 2.46. The Morgan fingerprint density at radius 2 is 1.74 bits per heavy atom. The van der Waals surface area contributed by atoms with Gasteiger partial charge < -0.3 is 30.9 Å². The Morgan fingerprint density at radius 3 is 2.37 bits per heavy atom. The van der Waals surface area contributed by atoms with Crippen molar-refractivity contribution in [2.75, 3.05) is 10.6 Å². The van der Waals surface area contributed by atoms with Crippen molar-refractivity contribution >= 4 is 29.3 Å². The number of amides is 3. The van der Waals surface area contributed by atoms with Gasteiger partial charge in [0.15, 0.2) is 0 Å². The maximum absolute atomic E-state index is 15.0. The molecule has 0 spiro atoms.